The van der Waals surface area contributed by atoms with E-state index >= 15 is 0 Å². The van der Waals surface area contributed by atoms with E-state index < -0.39 is 0 Å². The van der Waals surface area contributed by atoms with Gasteiger partial charge in [-0.3, -0.25) is 0 Å². The van der Waals surface area contributed by atoms with Crippen LogP contribution in [0.3, 0.4) is 0 Å². The van der Waals surface area contributed by atoms with Gasteiger partial charge in [0.1, 0.15) is 40.7 Å². The normalized spacial score (nSPS) is 13.5. The standard InChI is InChI=1S/C24H20FN5/c25-21-10-3-2-9-18(21)16-7-6-8-17(13-16)22-19(14-26)23(28)29-24(20(22)15-27)30-11-4-1-5-12-30/h2-3,6-10,13H,1,4-5,11-12H2,(H2,28,29). The number of hydrogen-bond donors (Lipinski definition) is 1. The second kappa shape index (κ2) is 8.23. The van der Waals surface area contributed by atoms with E-state index in [-0.39, 0.29) is 17.2 Å². The van der Waals surface area contributed by atoms with E-state index in [1.807, 2.05) is 0 Å². The van der Waals surface area contributed by atoms with Crippen molar-refractivity contribution in [2.24, 2.45) is 0 Å². The second-order valence-corrected chi connectivity index (χ2v) is 7.28. The lowest BCUT2D eigenvalue weighted by molar-refractivity contribution is 0.573. The second-order valence-electron chi connectivity index (χ2n) is 7.28. The van der Waals surface area contributed by atoms with Crippen LogP contribution in [0.1, 0.15) is 30.4 Å². The molecule has 0 bridgehead atoms. The van der Waals surface area contributed by atoms with Gasteiger partial charge in [-0.25, -0.2) is 9.37 Å². The smallest absolute Gasteiger partial charge is 0.149 e. The summed E-state index contributed by atoms with van der Waals surface area (Å²) < 4.78 is 14.3. The van der Waals surface area contributed by atoms with Gasteiger partial charge in [-0.1, -0.05) is 36.4 Å². The van der Waals surface area contributed by atoms with E-state index in [4.69, 9.17) is 5.73 Å². The van der Waals surface area contributed by atoms with Crippen LogP contribution in [-0.2, 0) is 0 Å². The number of nitrogens with zero attached hydrogens (tertiary/aromatic N) is 4. The van der Waals surface area contributed by atoms with Gasteiger partial charge in [0.05, 0.1) is 0 Å². The fourth-order valence-electron chi connectivity index (χ4n) is 3.97. The predicted octanol–water partition coefficient (Wildman–Crippen LogP) is 4.87. The lowest BCUT2D eigenvalue weighted by Gasteiger charge is -2.29. The lowest BCUT2D eigenvalue weighted by Crippen LogP contribution is -2.31. The number of nitrogens with two attached hydrogens (primary N) is 1. The molecule has 148 valence electrons. The van der Waals surface area contributed by atoms with Gasteiger partial charge in [-0.05, 0) is 42.5 Å². The molecule has 0 atom stereocenters. The largest absolute Gasteiger partial charge is 0.383 e. The van der Waals surface area contributed by atoms with Gasteiger partial charge >= 0.3 is 0 Å². The van der Waals surface area contributed by atoms with E-state index in [9.17, 15) is 14.9 Å². The van der Waals surface area contributed by atoms with Gasteiger partial charge in [-0.15, -0.1) is 0 Å². The molecular formula is C24H20FN5. The maximum Gasteiger partial charge on any atom is 0.149 e. The number of piperidine rings is 1. The first-order valence-corrected chi connectivity index (χ1v) is 9.88. The Labute approximate surface area is 174 Å². The molecule has 0 aliphatic carbocycles. The summed E-state index contributed by atoms with van der Waals surface area (Å²) in [4.78, 5) is 6.48. The number of halogens is 1. The number of aromatic nitrogens is 1. The van der Waals surface area contributed by atoms with Crippen molar-refractivity contribution in [3.05, 3.63) is 65.5 Å². The van der Waals surface area contributed by atoms with Crippen molar-refractivity contribution < 1.29 is 4.39 Å². The van der Waals surface area contributed by atoms with Crippen LogP contribution in [0.4, 0.5) is 16.0 Å². The predicted molar refractivity (Wildman–Crippen MR) is 115 cm³/mol. The Kier molecular flexibility index (Phi) is 5.32. The summed E-state index contributed by atoms with van der Waals surface area (Å²) in [5.41, 5.74) is 8.84. The zero-order valence-electron chi connectivity index (χ0n) is 16.4. The fraction of sp³-hybridized carbons (Fsp3) is 0.208. The number of benzene rings is 2. The van der Waals surface area contributed by atoms with Crippen molar-refractivity contribution in [3.8, 4) is 34.4 Å². The molecule has 1 saturated heterocycles. The third kappa shape index (κ3) is 3.44. The molecule has 1 aliphatic heterocycles. The highest BCUT2D eigenvalue weighted by molar-refractivity contribution is 5.87. The third-order valence-corrected chi connectivity index (χ3v) is 5.42. The SMILES string of the molecule is N#Cc1c(N)nc(N2CCCCC2)c(C#N)c1-c1cccc(-c2ccccc2F)c1. The fourth-order valence-corrected chi connectivity index (χ4v) is 3.97. The van der Waals surface area contributed by atoms with Crippen LogP contribution in [-0.4, -0.2) is 18.1 Å². The van der Waals surface area contributed by atoms with Gasteiger partial charge in [-0.2, -0.15) is 10.5 Å². The molecule has 1 aliphatic rings. The molecule has 0 amide bonds. The summed E-state index contributed by atoms with van der Waals surface area (Å²) >= 11 is 0. The first-order chi connectivity index (χ1) is 14.6. The van der Waals surface area contributed by atoms with Gasteiger partial charge < -0.3 is 10.6 Å². The molecule has 2 aromatic carbocycles. The molecule has 3 aromatic rings. The summed E-state index contributed by atoms with van der Waals surface area (Å²) in [6.45, 7) is 1.59. The Bertz CT molecular complexity index is 1180. The molecule has 5 nitrogen and oxygen atoms in total. The van der Waals surface area contributed by atoms with E-state index in [1.54, 1.807) is 42.5 Å². The third-order valence-electron chi connectivity index (χ3n) is 5.42. The molecule has 30 heavy (non-hydrogen) atoms. The quantitative estimate of drug-likeness (QED) is 0.681. The first-order valence-electron chi connectivity index (χ1n) is 9.88. The number of hydrogen-bond acceptors (Lipinski definition) is 5. The van der Waals surface area contributed by atoms with Crippen molar-refractivity contribution in [2.75, 3.05) is 23.7 Å². The topological polar surface area (TPSA) is 89.7 Å². The van der Waals surface area contributed by atoms with Crippen LogP contribution < -0.4 is 10.6 Å². The molecule has 2 N–H and O–H groups in total. The minimum Gasteiger partial charge on any atom is -0.383 e. The van der Waals surface area contributed by atoms with Crippen LogP contribution in [0.5, 0.6) is 0 Å². The highest BCUT2D eigenvalue weighted by atomic mass is 19.1. The first kappa shape index (κ1) is 19.4. The molecule has 1 fully saturated rings. The average Bonchev–Trinajstić information content (AvgIpc) is 2.79. The zero-order valence-corrected chi connectivity index (χ0v) is 16.4. The van der Waals surface area contributed by atoms with Crippen molar-refractivity contribution in [2.45, 2.75) is 19.3 Å². The summed E-state index contributed by atoms with van der Waals surface area (Å²) in [7, 11) is 0. The number of nitriles is 2. The van der Waals surface area contributed by atoms with Crippen molar-refractivity contribution >= 4 is 11.6 Å². The Balaban J connectivity index is 1.93. The molecule has 0 saturated carbocycles. The van der Waals surface area contributed by atoms with Crippen molar-refractivity contribution in [3.63, 3.8) is 0 Å². The highest BCUT2D eigenvalue weighted by Crippen LogP contribution is 2.37. The van der Waals surface area contributed by atoms with Crippen molar-refractivity contribution in [1.82, 2.24) is 4.98 Å². The van der Waals surface area contributed by atoms with Gasteiger partial charge in [0, 0.05) is 24.2 Å². The minimum atomic E-state index is -0.334. The molecule has 0 unspecified atom stereocenters. The molecule has 1 aromatic heterocycles. The van der Waals surface area contributed by atoms with Crippen molar-refractivity contribution in [1.29, 1.82) is 10.5 Å². The van der Waals surface area contributed by atoms with Gasteiger partial charge in [0.2, 0.25) is 0 Å². The molecular weight excluding hydrogens is 377 g/mol. The minimum absolute atomic E-state index is 0.100. The van der Waals surface area contributed by atoms with E-state index in [2.05, 4.69) is 22.0 Å². The van der Waals surface area contributed by atoms with E-state index in [1.165, 1.54) is 6.07 Å². The van der Waals surface area contributed by atoms with Gasteiger partial charge in [0.15, 0.2) is 0 Å². The Morgan fingerprint density at radius 3 is 2.30 bits per heavy atom. The van der Waals surface area contributed by atoms with E-state index in [0.29, 0.717) is 33.6 Å². The van der Waals surface area contributed by atoms with Gasteiger partial charge in [0.25, 0.3) is 0 Å². The Morgan fingerprint density at radius 1 is 0.900 bits per heavy atom. The van der Waals surface area contributed by atoms with Crippen LogP contribution in [0.2, 0.25) is 0 Å². The lowest BCUT2D eigenvalue weighted by atomic mass is 9.92. The summed E-state index contributed by atoms with van der Waals surface area (Å²) in [6.07, 6.45) is 3.18. The van der Waals surface area contributed by atoms with Crippen LogP contribution in [0, 0.1) is 28.5 Å². The number of nitrogen functional groups attached to an aromatic ring is 1. The summed E-state index contributed by atoms with van der Waals surface area (Å²) in [5.74, 6) is 0.280. The average molecular weight is 397 g/mol. The zero-order chi connectivity index (χ0) is 21.1. The number of rotatable bonds is 3. The molecule has 0 radical (unpaired) electrons. The number of pyridine rings is 1. The Hall–Kier alpha value is -3.90. The summed E-state index contributed by atoms with van der Waals surface area (Å²) in [6, 6.07) is 18.0. The number of anilines is 2. The Morgan fingerprint density at radius 2 is 1.60 bits per heavy atom. The van der Waals surface area contributed by atoms with Crippen LogP contribution >= 0.6 is 0 Å². The van der Waals surface area contributed by atoms with E-state index in [0.717, 1.165) is 32.4 Å². The maximum absolute atomic E-state index is 14.3. The highest BCUT2D eigenvalue weighted by Gasteiger charge is 2.24. The maximum atomic E-state index is 14.3. The van der Waals surface area contributed by atoms with Crippen LogP contribution in [0.25, 0.3) is 22.3 Å². The molecule has 4 rings (SSSR count). The molecule has 0 spiro atoms. The molecule has 6 heteroatoms. The molecule has 2 heterocycles. The van der Waals surface area contributed by atoms with Crippen LogP contribution in [0.15, 0.2) is 48.5 Å². The monoisotopic (exact) mass is 397 g/mol. The summed E-state index contributed by atoms with van der Waals surface area (Å²) in [5, 5.41) is 19.8.